The molecule has 1 aliphatic heterocycles. The van der Waals surface area contributed by atoms with Crippen LogP contribution in [0.3, 0.4) is 0 Å². The second-order valence-electron chi connectivity index (χ2n) is 6.49. The van der Waals surface area contributed by atoms with Crippen molar-refractivity contribution in [1.29, 1.82) is 0 Å². The largest absolute Gasteiger partial charge is 0.335 e. The number of hydrogen-bond acceptors (Lipinski definition) is 3. The molecule has 1 aromatic heterocycles. The Hall–Kier alpha value is -1.85. The molecule has 0 radical (unpaired) electrons. The average molecular weight is 361 g/mol. The number of piperidine rings is 1. The minimum Gasteiger partial charge on any atom is -0.335 e. The molecule has 1 fully saturated rings. The van der Waals surface area contributed by atoms with Gasteiger partial charge in [0.2, 0.25) is 0 Å². The zero-order chi connectivity index (χ0) is 17.8. The first-order valence-corrected chi connectivity index (χ1v) is 9.32. The lowest BCUT2D eigenvalue weighted by atomic mass is 10.0. The summed E-state index contributed by atoms with van der Waals surface area (Å²) in [6.07, 6.45) is 4.63. The van der Waals surface area contributed by atoms with Crippen LogP contribution >= 0.6 is 11.6 Å². The number of carbonyl (C=O) groups excluding carboxylic acids is 1. The van der Waals surface area contributed by atoms with Crippen LogP contribution in [0.4, 0.5) is 0 Å². The Labute approximate surface area is 154 Å². The third kappa shape index (κ3) is 3.72. The molecule has 3 rings (SSSR count). The van der Waals surface area contributed by atoms with Gasteiger partial charge < -0.3 is 10.2 Å². The molecule has 134 valence electrons. The van der Waals surface area contributed by atoms with Gasteiger partial charge in [-0.3, -0.25) is 4.79 Å². The van der Waals surface area contributed by atoms with E-state index in [-0.39, 0.29) is 5.91 Å². The highest BCUT2D eigenvalue weighted by molar-refractivity contribution is 6.32. The van der Waals surface area contributed by atoms with Crippen molar-refractivity contribution in [3.05, 3.63) is 46.7 Å². The standard InChI is InChI=1S/C19H25ClN4O/c1-3-12-23(15-8-10-21-11-9-15)19(25)16-13-22-24(14(16)2)18-7-5-4-6-17(18)20/h4-7,13,15,21H,3,8-12H2,1-2H3. The maximum Gasteiger partial charge on any atom is 0.257 e. The SMILES string of the molecule is CCCN(C(=O)c1cnn(-c2ccccc2Cl)c1C)C1CCNCC1. The van der Waals surface area contributed by atoms with E-state index in [1.54, 1.807) is 10.9 Å². The molecular formula is C19H25ClN4O. The molecule has 0 aliphatic carbocycles. The van der Waals surface area contributed by atoms with Crippen molar-refractivity contribution in [3.8, 4) is 5.69 Å². The van der Waals surface area contributed by atoms with Gasteiger partial charge in [0.1, 0.15) is 0 Å². The van der Waals surface area contributed by atoms with Crippen molar-refractivity contribution in [2.75, 3.05) is 19.6 Å². The second-order valence-corrected chi connectivity index (χ2v) is 6.89. The predicted molar refractivity (Wildman–Crippen MR) is 101 cm³/mol. The molecule has 1 N–H and O–H groups in total. The highest BCUT2D eigenvalue weighted by Crippen LogP contribution is 2.24. The third-order valence-electron chi connectivity index (χ3n) is 4.80. The first-order valence-electron chi connectivity index (χ1n) is 8.94. The average Bonchev–Trinajstić information content (AvgIpc) is 3.01. The van der Waals surface area contributed by atoms with Gasteiger partial charge in [-0.05, 0) is 51.4 Å². The summed E-state index contributed by atoms with van der Waals surface area (Å²) in [5.41, 5.74) is 2.28. The summed E-state index contributed by atoms with van der Waals surface area (Å²) in [6.45, 7) is 6.75. The number of para-hydroxylation sites is 1. The molecule has 1 aliphatic rings. The van der Waals surface area contributed by atoms with Gasteiger partial charge >= 0.3 is 0 Å². The van der Waals surface area contributed by atoms with Gasteiger partial charge in [0, 0.05) is 12.6 Å². The van der Waals surface area contributed by atoms with Crippen molar-refractivity contribution in [2.45, 2.75) is 39.2 Å². The Balaban J connectivity index is 1.90. The summed E-state index contributed by atoms with van der Waals surface area (Å²) >= 11 is 6.29. The smallest absolute Gasteiger partial charge is 0.257 e. The third-order valence-corrected chi connectivity index (χ3v) is 5.12. The van der Waals surface area contributed by atoms with Crippen LogP contribution in [0.15, 0.2) is 30.5 Å². The van der Waals surface area contributed by atoms with Crippen LogP contribution in [0.2, 0.25) is 5.02 Å². The van der Waals surface area contributed by atoms with Crippen LogP contribution in [-0.2, 0) is 0 Å². The Bertz CT molecular complexity index is 737. The number of amides is 1. The number of benzene rings is 1. The van der Waals surface area contributed by atoms with Gasteiger partial charge in [0.15, 0.2) is 0 Å². The molecular weight excluding hydrogens is 336 g/mol. The topological polar surface area (TPSA) is 50.2 Å². The minimum absolute atomic E-state index is 0.0737. The van der Waals surface area contributed by atoms with E-state index in [0.717, 1.165) is 50.3 Å². The molecule has 6 heteroatoms. The Morgan fingerprint density at radius 3 is 2.76 bits per heavy atom. The molecule has 2 aromatic rings. The van der Waals surface area contributed by atoms with Crippen LogP contribution in [-0.4, -0.2) is 46.3 Å². The van der Waals surface area contributed by atoms with Crippen LogP contribution in [0.25, 0.3) is 5.69 Å². The lowest BCUT2D eigenvalue weighted by Gasteiger charge is -2.34. The van der Waals surface area contributed by atoms with Crippen molar-refractivity contribution in [2.24, 2.45) is 0 Å². The highest BCUT2D eigenvalue weighted by Gasteiger charge is 2.28. The molecule has 0 atom stereocenters. The van der Waals surface area contributed by atoms with E-state index in [0.29, 0.717) is 16.6 Å². The number of carbonyl (C=O) groups is 1. The fourth-order valence-electron chi connectivity index (χ4n) is 3.45. The fraction of sp³-hybridized carbons (Fsp3) is 0.474. The van der Waals surface area contributed by atoms with Crippen molar-refractivity contribution < 1.29 is 4.79 Å². The summed E-state index contributed by atoms with van der Waals surface area (Å²) < 4.78 is 1.75. The number of rotatable bonds is 5. The maximum absolute atomic E-state index is 13.2. The lowest BCUT2D eigenvalue weighted by molar-refractivity contribution is 0.0642. The zero-order valence-corrected chi connectivity index (χ0v) is 15.6. The number of hydrogen-bond donors (Lipinski definition) is 1. The summed E-state index contributed by atoms with van der Waals surface area (Å²) in [4.78, 5) is 15.2. The van der Waals surface area contributed by atoms with Crippen LogP contribution in [0.1, 0.15) is 42.2 Å². The summed E-state index contributed by atoms with van der Waals surface area (Å²) in [6, 6.07) is 7.85. The molecule has 1 amide bonds. The van der Waals surface area contributed by atoms with E-state index in [4.69, 9.17) is 11.6 Å². The molecule has 0 saturated carbocycles. The molecule has 25 heavy (non-hydrogen) atoms. The monoisotopic (exact) mass is 360 g/mol. The molecule has 5 nitrogen and oxygen atoms in total. The van der Waals surface area contributed by atoms with E-state index >= 15 is 0 Å². The van der Waals surface area contributed by atoms with Gasteiger partial charge in [0.05, 0.1) is 28.2 Å². The van der Waals surface area contributed by atoms with Gasteiger partial charge in [-0.2, -0.15) is 5.10 Å². The molecule has 0 unspecified atom stereocenters. The van der Waals surface area contributed by atoms with Crippen LogP contribution in [0.5, 0.6) is 0 Å². The zero-order valence-electron chi connectivity index (χ0n) is 14.8. The highest BCUT2D eigenvalue weighted by atomic mass is 35.5. The quantitative estimate of drug-likeness (QED) is 0.888. The summed E-state index contributed by atoms with van der Waals surface area (Å²) in [5.74, 6) is 0.0737. The maximum atomic E-state index is 13.2. The van der Waals surface area contributed by atoms with E-state index in [1.165, 1.54) is 0 Å². The van der Waals surface area contributed by atoms with Crippen molar-refractivity contribution in [3.63, 3.8) is 0 Å². The Morgan fingerprint density at radius 2 is 2.08 bits per heavy atom. The van der Waals surface area contributed by atoms with Gasteiger partial charge in [-0.1, -0.05) is 30.7 Å². The number of nitrogens with zero attached hydrogens (tertiary/aromatic N) is 3. The number of nitrogens with one attached hydrogen (secondary N) is 1. The number of halogens is 1. The molecule has 1 saturated heterocycles. The van der Waals surface area contributed by atoms with Crippen molar-refractivity contribution in [1.82, 2.24) is 20.0 Å². The van der Waals surface area contributed by atoms with Gasteiger partial charge in [-0.25, -0.2) is 4.68 Å². The van der Waals surface area contributed by atoms with Crippen molar-refractivity contribution >= 4 is 17.5 Å². The minimum atomic E-state index is 0.0737. The first kappa shape index (κ1) is 18.0. The molecule has 1 aromatic carbocycles. The normalized spacial score (nSPS) is 15.3. The summed E-state index contributed by atoms with van der Waals surface area (Å²) in [7, 11) is 0. The number of aromatic nitrogens is 2. The second kappa shape index (κ2) is 8.02. The molecule has 0 spiro atoms. The lowest BCUT2D eigenvalue weighted by Crippen LogP contribution is -2.46. The fourth-order valence-corrected chi connectivity index (χ4v) is 3.67. The van der Waals surface area contributed by atoms with Crippen LogP contribution < -0.4 is 5.32 Å². The van der Waals surface area contributed by atoms with Crippen LogP contribution in [0, 0.1) is 6.92 Å². The molecule has 0 bridgehead atoms. The van der Waals surface area contributed by atoms with E-state index in [9.17, 15) is 4.79 Å². The van der Waals surface area contributed by atoms with E-state index in [1.807, 2.05) is 36.1 Å². The predicted octanol–water partition coefficient (Wildman–Crippen LogP) is 3.44. The van der Waals surface area contributed by atoms with E-state index in [2.05, 4.69) is 17.3 Å². The van der Waals surface area contributed by atoms with E-state index < -0.39 is 0 Å². The summed E-state index contributed by atoms with van der Waals surface area (Å²) in [5, 5.41) is 8.41. The van der Waals surface area contributed by atoms with Gasteiger partial charge in [0.25, 0.3) is 5.91 Å². The Morgan fingerprint density at radius 1 is 1.36 bits per heavy atom. The first-order chi connectivity index (χ1) is 12.1. The van der Waals surface area contributed by atoms with Gasteiger partial charge in [-0.15, -0.1) is 0 Å². The molecule has 2 heterocycles. The Kier molecular flexibility index (Phi) is 5.76.